The van der Waals surface area contributed by atoms with Gasteiger partial charge in [-0.2, -0.15) is 0 Å². The number of carbonyl (C=O) groups excluding carboxylic acids is 2. The zero-order valence-electron chi connectivity index (χ0n) is 22.9. The van der Waals surface area contributed by atoms with E-state index in [0.29, 0.717) is 39.0 Å². The zero-order chi connectivity index (χ0) is 27.6. The van der Waals surface area contributed by atoms with E-state index < -0.39 is 12.1 Å². The van der Waals surface area contributed by atoms with Gasteiger partial charge in [0.15, 0.2) is 0 Å². The van der Waals surface area contributed by atoms with Crippen molar-refractivity contribution in [3.8, 4) is 0 Å². The molecule has 7 heteroatoms. The molecule has 4 rings (SSSR count). The lowest BCUT2D eigenvalue weighted by molar-refractivity contribution is -0.128. The number of anilines is 1. The van der Waals surface area contributed by atoms with Crippen molar-refractivity contribution in [1.29, 1.82) is 0 Å². The van der Waals surface area contributed by atoms with Crippen molar-refractivity contribution in [3.63, 3.8) is 0 Å². The topological polar surface area (TPSA) is 84.9 Å². The van der Waals surface area contributed by atoms with E-state index in [-0.39, 0.29) is 24.2 Å². The third kappa shape index (κ3) is 8.67. The van der Waals surface area contributed by atoms with Crippen molar-refractivity contribution in [1.82, 2.24) is 15.5 Å². The van der Waals surface area contributed by atoms with Gasteiger partial charge in [0.25, 0.3) is 0 Å². The first kappa shape index (κ1) is 28.3. The highest BCUT2D eigenvalue weighted by atomic mass is 16.3. The summed E-state index contributed by atoms with van der Waals surface area (Å²) in [5.41, 5.74) is 4.38. The Bertz CT molecular complexity index is 1200. The number of carbonyl (C=O) groups is 2. The van der Waals surface area contributed by atoms with Crippen LogP contribution in [0.4, 0.5) is 5.69 Å². The Morgan fingerprint density at radius 2 is 1.64 bits per heavy atom. The van der Waals surface area contributed by atoms with Gasteiger partial charge in [-0.15, -0.1) is 0 Å². The van der Waals surface area contributed by atoms with E-state index in [1.54, 1.807) is 0 Å². The van der Waals surface area contributed by atoms with E-state index in [1.807, 2.05) is 85.7 Å². The molecule has 39 heavy (non-hydrogen) atoms. The maximum atomic E-state index is 13.1. The maximum absolute atomic E-state index is 13.1. The number of hydrogen-bond acceptors (Lipinski definition) is 5. The predicted molar refractivity (Wildman–Crippen MR) is 155 cm³/mol. The second-order valence-electron chi connectivity index (χ2n) is 10.7. The number of hydrogen-bond donors (Lipinski definition) is 3. The van der Waals surface area contributed by atoms with Crippen molar-refractivity contribution >= 4 is 17.5 Å². The minimum absolute atomic E-state index is 0.0298. The van der Waals surface area contributed by atoms with Gasteiger partial charge in [-0.3, -0.25) is 9.59 Å². The van der Waals surface area contributed by atoms with Gasteiger partial charge in [-0.25, -0.2) is 0 Å². The summed E-state index contributed by atoms with van der Waals surface area (Å²) in [5, 5.41) is 17.5. The van der Waals surface area contributed by atoms with Gasteiger partial charge in [-0.05, 0) is 41.2 Å². The van der Waals surface area contributed by atoms with E-state index in [2.05, 4.69) is 33.7 Å². The third-order valence-corrected chi connectivity index (χ3v) is 7.20. The molecule has 0 spiro atoms. The lowest BCUT2D eigenvalue weighted by atomic mass is 9.99. The number of aliphatic hydroxyl groups excluding tert-OH is 1. The molecule has 1 heterocycles. The van der Waals surface area contributed by atoms with Gasteiger partial charge in [0.05, 0.1) is 12.1 Å². The summed E-state index contributed by atoms with van der Waals surface area (Å²) < 4.78 is 0. The fourth-order valence-corrected chi connectivity index (χ4v) is 5.08. The Labute approximate surface area is 231 Å². The SMILES string of the molecule is CN(C)c1cccc(CNC[C@@H](O)[C@@H](Cc2ccccc2)NC(=O)CC2CC(=O)N(Cc3ccccc3)C2)c1. The fraction of sp³-hybridized carbons (Fsp3) is 0.375. The molecule has 3 atom stereocenters. The number of amides is 2. The van der Waals surface area contributed by atoms with Crippen molar-refractivity contribution in [2.45, 2.75) is 44.5 Å². The van der Waals surface area contributed by atoms with Crippen LogP contribution in [-0.4, -0.2) is 61.2 Å². The Balaban J connectivity index is 1.32. The monoisotopic (exact) mass is 528 g/mol. The maximum Gasteiger partial charge on any atom is 0.223 e. The molecule has 3 aromatic carbocycles. The van der Waals surface area contributed by atoms with Crippen LogP contribution in [0.25, 0.3) is 0 Å². The van der Waals surface area contributed by atoms with Crippen molar-refractivity contribution in [2.75, 3.05) is 32.1 Å². The molecule has 1 unspecified atom stereocenters. The van der Waals surface area contributed by atoms with E-state index in [0.717, 1.165) is 22.4 Å². The van der Waals surface area contributed by atoms with Crippen LogP contribution in [0.1, 0.15) is 29.5 Å². The molecule has 7 nitrogen and oxygen atoms in total. The van der Waals surface area contributed by atoms with Crippen LogP contribution < -0.4 is 15.5 Å². The molecule has 206 valence electrons. The van der Waals surface area contributed by atoms with Gasteiger partial charge >= 0.3 is 0 Å². The molecule has 0 bridgehead atoms. The zero-order valence-corrected chi connectivity index (χ0v) is 22.9. The van der Waals surface area contributed by atoms with Crippen LogP contribution in [0.5, 0.6) is 0 Å². The summed E-state index contributed by atoms with van der Waals surface area (Å²) in [5.74, 6) is -0.0779. The minimum atomic E-state index is -0.772. The smallest absolute Gasteiger partial charge is 0.223 e. The highest BCUT2D eigenvalue weighted by Gasteiger charge is 2.32. The van der Waals surface area contributed by atoms with E-state index in [1.165, 1.54) is 0 Å². The van der Waals surface area contributed by atoms with Crippen molar-refractivity contribution < 1.29 is 14.7 Å². The van der Waals surface area contributed by atoms with Crippen LogP contribution in [0.2, 0.25) is 0 Å². The number of nitrogens with one attached hydrogen (secondary N) is 2. The lowest BCUT2D eigenvalue weighted by Crippen LogP contribution is -2.49. The molecule has 1 fully saturated rings. The Morgan fingerprint density at radius 1 is 0.974 bits per heavy atom. The number of benzene rings is 3. The molecule has 1 saturated heterocycles. The molecule has 3 N–H and O–H groups in total. The van der Waals surface area contributed by atoms with Gasteiger partial charge in [-0.1, -0.05) is 72.8 Å². The lowest BCUT2D eigenvalue weighted by Gasteiger charge is -2.25. The van der Waals surface area contributed by atoms with Crippen molar-refractivity contribution in [2.24, 2.45) is 5.92 Å². The molecule has 0 aliphatic carbocycles. The Kier molecular flexibility index (Phi) is 10.1. The number of aliphatic hydroxyl groups is 1. The highest BCUT2D eigenvalue weighted by molar-refractivity contribution is 5.81. The fourth-order valence-electron chi connectivity index (χ4n) is 5.08. The van der Waals surface area contributed by atoms with Gasteiger partial charge < -0.3 is 25.5 Å². The second kappa shape index (κ2) is 13.9. The summed E-state index contributed by atoms with van der Waals surface area (Å²) in [4.78, 5) is 29.6. The quantitative estimate of drug-likeness (QED) is 0.317. The van der Waals surface area contributed by atoms with Crippen LogP contribution in [0.3, 0.4) is 0 Å². The Hall–Kier alpha value is -3.68. The summed E-state index contributed by atoms with van der Waals surface area (Å²) in [6, 6.07) is 27.6. The normalized spacial score (nSPS) is 16.6. The minimum Gasteiger partial charge on any atom is -0.390 e. The van der Waals surface area contributed by atoms with Gasteiger partial charge in [0, 0.05) is 58.8 Å². The van der Waals surface area contributed by atoms with Crippen LogP contribution in [-0.2, 0) is 29.1 Å². The average Bonchev–Trinajstić information content (AvgIpc) is 3.27. The summed E-state index contributed by atoms with van der Waals surface area (Å²) in [7, 11) is 4.02. The molecule has 2 amide bonds. The first-order chi connectivity index (χ1) is 18.9. The molecule has 0 radical (unpaired) electrons. The van der Waals surface area contributed by atoms with Crippen LogP contribution in [0, 0.1) is 5.92 Å². The molecular formula is C32H40N4O3. The average molecular weight is 529 g/mol. The highest BCUT2D eigenvalue weighted by Crippen LogP contribution is 2.23. The number of nitrogens with zero attached hydrogens (tertiary/aromatic N) is 2. The molecule has 3 aromatic rings. The Morgan fingerprint density at radius 3 is 2.33 bits per heavy atom. The van der Waals surface area contributed by atoms with Crippen LogP contribution >= 0.6 is 0 Å². The largest absolute Gasteiger partial charge is 0.390 e. The van der Waals surface area contributed by atoms with E-state index >= 15 is 0 Å². The number of rotatable bonds is 13. The molecule has 1 aliphatic heterocycles. The van der Waals surface area contributed by atoms with E-state index in [9.17, 15) is 14.7 Å². The van der Waals surface area contributed by atoms with Gasteiger partial charge in [0.2, 0.25) is 11.8 Å². The molecular weight excluding hydrogens is 488 g/mol. The predicted octanol–water partition coefficient (Wildman–Crippen LogP) is 3.37. The number of likely N-dealkylation sites (tertiary alicyclic amines) is 1. The second-order valence-corrected chi connectivity index (χ2v) is 10.7. The van der Waals surface area contributed by atoms with Crippen LogP contribution in [0.15, 0.2) is 84.9 Å². The van der Waals surface area contributed by atoms with Gasteiger partial charge in [0.1, 0.15) is 0 Å². The van der Waals surface area contributed by atoms with Crippen molar-refractivity contribution in [3.05, 3.63) is 102 Å². The van der Waals surface area contributed by atoms with E-state index in [4.69, 9.17) is 0 Å². The first-order valence-electron chi connectivity index (χ1n) is 13.7. The standard InChI is InChI=1S/C32H40N4O3/c1-35(2)28-15-9-14-26(16-28)20-33-21-30(37)29(17-24-10-5-3-6-11-24)34-31(38)18-27-19-32(39)36(23-27)22-25-12-7-4-8-13-25/h3-16,27,29-30,33,37H,17-23H2,1-2H3,(H,34,38)/t27?,29-,30-/m1/s1. The first-order valence-corrected chi connectivity index (χ1v) is 13.7. The third-order valence-electron chi connectivity index (χ3n) is 7.20. The summed E-state index contributed by atoms with van der Waals surface area (Å²) >= 11 is 0. The molecule has 0 aromatic heterocycles. The molecule has 1 aliphatic rings. The summed E-state index contributed by atoms with van der Waals surface area (Å²) in [6.45, 7) is 2.10. The summed E-state index contributed by atoms with van der Waals surface area (Å²) in [6.07, 6.45) is 0.389. The molecule has 0 saturated carbocycles.